The van der Waals surface area contributed by atoms with Gasteiger partial charge in [-0.15, -0.1) is 4.72 Å². The van der Waals surface area contributed by atoms with E-state index in [2.05, 4.69) is 9.57 Å². The zero-order valence-electron chi connectivity index (χ0n) is 12.0. The van der Waals surface area contributed by atoms with E-state index in [0.717, 1.165) is 12.1 Å². The molecule has 1 aromatic carbocycles. The van der Waals surface area contributed by atoms with Crippen LogP contribution < -0.4 is 4.72 Å². The van der Waals surface area contributed by atoms with Crippen LogP contribution in [-0.4, -0.2) is 14.1 Å². The highest BCUT2D eigenvalue weighted by molar-refractivity contribution is 7.89. The SMILES string of the molecule is [C-]#[N+]C1(NS(=O)(=O)c2ccc(C(C)C)cc2C(F)(F)F)CC1. The van der Waals surface area contributed by atoms with E-state index in [1.54, 1.807) is 13.8 Å². The van der Waals surface area contributed by atoms with Gasteiger partial charge in [-0.25, -0.2) is 15.0 Å². The van der Waals surface area contributed by atoms with Crippen molar-refractivity contribution in [3.63, 3.8) is 0 Å². The molecule has 1 saturated carbocycles. The van der Waals surface area contributed by atoms with Crippen molar-refractivity contribution in [1.82, 2.24) is 4.72 Å². The summed E-state index contributed by atoms with van der Waals surface area (Å²) < 4.78 is 66.2. The number of nitrogens with one attached hydrogen (secondary N) is 1. The van der Waals surface area contributed by atoms with Gasteiger partial charge >= 0.3 is 6.18 Å². The highest BCUT2D eigenvalue weighted by Crippen LogP contribution is 2.40. The first-order valence-electron chi connectivity index (χ1n) is 6.64. The van der Waals surface area contributed by atoms with Gasteiger partial charge in [0, 0.05) is 0 Å². The standard InChI is InChI=1S/C14H15F3N2O2S/c1-9(2)10-4-5-12(11(8-10)14(15,16)17)22(20,21)19-13(18-3)6-7-13/h4-5,8-9,19H,6-7H2,1-2H3. The van der Waals surface area contributed by atoms with E-state index in [-0.39, 0.29) is 5.92 Å². The van der Waals surface area contributed by atoms with Crippen LogP contribution >= 0.6 is 0 Å². The third-order valence-electron chi connectivity index (χ3n) is 3.53. The summed E-state index contributed by atoms with van der Waals surface area (Å²) in [5.74, 6) is -0.163. The van der Waals surface area contributed by atoms with Crippen LogP contribution in [0.3, 0.4) is 0 Å². The van der Waals surface area contributed by atoms with Gasteiger partial charge in [0.2, 0.25) is 10.0 Å². The summed E-state index contributed by atoms with van der Waals surface area (Å²) >= 11 is 0. The third kappa shape index (κ3) is 3.25. The molecule has 1 fully saturated rings. The fourth-order valence-corrected chi connectivity index (χ4v) is 3.59. The van der Waals surface area contributed by atoms with Gasteiger partial charge in [-0.3, -0.25) is 4.85 Å². The average Bonchev–Trinajstić information content (AvgIpc) is 3.16. The number of benzene rings is 1. The highest BCUT2D eigenvalue weighted by atomic mass is 32.2. The number of nitrogens with zero attached hydrogens (tertiary/aromatic N) is 1. The molecule has 0 heterocycles. The number of sulfonamides is 1. The minimum Gasteiger partial charge on any atom is -0.292 e. The lowest BCUT2D eigenvalue weighted by Crippen LogP contribution is -2.35. The first-order valence-corrected chi connectivity index (χ1v) is 8.13. The minimum atomic E-state index is -4.79. The molecular formula is C14H15F3N2O2S. The zero-order chi connectivity index (χ0) is 16.8. The Bertz CT molecular complexity index is 729. The monoisotopic (exact) mass is 332 g/mol. The lowest BCUT2D eigenvalue weighted by Gasteiger charge is -2.17. The maximum Gasteiger partial charge on any atom is 0.417 e. The lowest BCUT2D eigenvalue weighted by atomic mass is 10.0. The summed E-state index contributed by atoms with van der Waals surface area (Å²) in [6.07, 6.45) is -4.17. The van der Waals surface area contributed by atoms with Gasteiger partial charge in [0.25, 0.3) is 5.66 Å². The van der Waals surface area contributed by atoms with Crippen LogP contribution in [-0.2, 0) is 16.2 Å². The van der Waals surface area contributed by atoms with E-state index in [1.807, 2.05) is 0 Å². The zero-order valence-corrected chi connectivity index (χ0v) is 12.8. The quantitative estimate of drug-likeness (QED) is 0.858. The van der Waals surface area contributed by atoms with E-state index in [1.165, 1.54) is 6.07 Å². The molecule has 22 heavy (non-hydrogen) atoms. The molecule has 0 amide bonds. The molecule has 8 heteroatoms. The van der Waals surface area contributed by atoms with Crippen LogP contribution in [0.25, 0.3) is 4.85 Å². The predicted molar refractivity (Wildman–Crippen MR) is 74.4 cm³/mol. The van der Waals surface area contributed by atoms with Crippen molar-refractivity contribution >= 4 is 10.0 Å². The van der Waals surface area contributed by atoms with Crippen molar-refractivity contribution in [2.45, 2.75) is 49.3 Å². The number of halogens is 3. The molecule has 0 unspecified atom stereocenters. The Morgan fingerprint density at radius 3 is 2.32 bits per heavy atom. The van der Waals surface area contributed by atoms with E-state index < -0.39 is 32.3 Å². The summed E-state index contributed by atoms with van der Waals surface area (Å²) in [7, 11) is -4.41. The van der Waals surface area contributed by atoms with Gasteiger partial charge in [-0.05, 0) is 23.6 Å². The Labute approximate surface area is 127 Å². The molecule has 1 aliphatic carbocycles. The average molecular weight is 332 g/mol. The summed E-state index contributed by atoms with van der Waals surface area (Å²) in [4.78, 5) is 2.32. The highest BCUT2D eigenvalue weighted by Gasteiger charge is 2.55. The maximum absolute atomic E-state index is 13.2. The van der Waals surface area contributed by atoms with Gasteiger partial charge in [-0.2, -0.15) is 13.2 Å². The van der Waals surface area contributed by atoms with Gasteiger partial charge in [0.05, 0.1) is 23.3 Å². The summed E-state index contributed by atoms with van der Waals surface area (Å²) in [6, 6.07) is 3.18. The van der Waals surface area contributed by atoms with Crippen LogP contribution in [0.4, 0.5) is 13.2 Å². The topological polar surface area (TPSA) is 50.5 Å². The Hall–Kier alpha value is -1.59. The second kappa shape index (κ2) is 5.25. The van der Waals surface area contributed by atoms with Crippen LogP contribution in [0.2, 0.25) is 0 Å². The molecule has 120 valence electrons. The Morgan fingerprint density at radius 2 is 1.91 bits per heavy atom. The summed E-state index contributed by atoms with van der Waals surface area (Å²) in [6.45, 7) is 10.4. The molecule has 4 nitrogen and oxygen atoms in total. The van der Waals surface area contributed by atoms with Crippen molar-refractivity contribution in [3.05, 3.63) is 40.7 Å². The summed E-state index contributed by atoms with van der Waals surface area (Å²) in [5.41, 5.74) is -2.08. The van der Waals surface area contributed by atoms with Crippen LogP contribution in [0.1, 0.15) is 43.7 Å². The third-order valence-corrected chi connectivity index (χ3v) is 5.11. The van der Waals surface area contributed by atoms with E-state index in [0.29, 0.717) is 18.4 Å². The molecule has 0 aliphatic heterocycles. The lowest BCUT2D eigenvalue weighted by molar-refractivity contribution is -0.139. The second-order valence-corrected chi connectivity index (χ2v) is 7.31. The molecular weight excluding hydrogens is 317 g/mol. The van der Waals surface area contributed by atoms with E-state index in [4.69, 9.17) is 6.57 Å². The molecule has 0 saturated heterocycles. The fraction of sp³-hybridized carbons (Fsp3) is 0.500. The molecule has 0 spiro atoms. The molecule has 2 rings (SSSR count). The van der Waals surface area contributed by atoms with Crippen molar-refractivity contribution in [1.29, 1.82) is 0 Å². The molecule has 0 bridgehead atoms. The smallest absolute Gasteiger partial charge is 0.292 e. The molecule has 0 atom stereocenters. The molecule has 0 radical (unpaired) electrons. The maximum atomic E-state index is 13.2. The van der Waals surface area contributed by atoms with Crippen molar-refractivity contribution in [2.75, 3.05) is 0 Å². The van der Waals surface area contributed by atoms with Gasteiger partial charge in [0.1, 0.15) is 0 Å². The van der Waals surface area contributed by atoms with Crippen molar-refractivity contribution in [2.24, 2.45) is 0 Å². The summed E-state index contributed by atoms with van der Waals surface area (Å²) in [5, 5.41) is 0. The first kappa shape index (κ1) is 16.8. The minimum absolute atomic E-state index is 0.163. The van der Waals surface area contributed by atoms with E-state index >= 15 is 0 Å². The predicted octanol–water partition coefficient (Wildman–Crippen LogP) is 3.52. The van der Waals surface area contributed by atoms with Crippen molar-refractivity contribution < 1.29 is 21.6 Å². The van der Waals surface area contributed by atoms with Crippen LogP contribution in [0.5, 0.6) is 0 Å². The Kier molecular flexibility index (Phi) is 4.00. The van der Waals surface area contributed by atoms with Crippen molar-refractivity contribution in [3.8, 4) is 0 Å². The molecule has 0 aromatic heterocycles. The largest absolute Gasteiger partial charge is 0.417 e. The van der Waals surface area contributed by atoms with Crippen LogP contribution in [0, 0.1) is 6.57 Å². The Balaban J connectivity index is 2.53. The van der Waals surface area contributed by atoms with Gasteiger partial charge in [0.15, 0.2) is 0 Å². The number of alkyl halides is 3. The van der Waals surface area contributed by atoms with Gasteiger partial charge in [-0.1, -0.05) is 19.9 Å². The normalized spacial score (nSPS) is 17.3. The molecule has 1 N–H and O–H groups in total. The fourth-order valence-electron chi connectivity index (χ4n) is 2.02. The first-order chi connectivity index (χ1) is 10.0. The van der Waals surface area contributed by atoms with Crippen LogP contribution in [0.15, 0.2) is 23.1 Å². The number of hydrogen-bond donors (Lipinski definition) is 1. The number of rotatable bonds is 4. The Morgan fingerprint density at radius 1 is 1.32 bits per heavy atom. The van der Waals surface area contributed by atoms with Gasteiger partial charge < -0.3 is 0 Å². The number of hydrogen-bond acceptors (Lipinski definition) is 2. The molecule has 1 aromatic rings. The second-order valence-electron chi connectivity index (χ2n) is 5.66. The van der Waals surface area contributed by atoms with E-state index in [9.17, 15) is 21.6 Å². The molecule has 1 aliphatic rings.